The Balaban J connectivity index is 1.86. The zero-order chi connectivity index (χ0) is 14.8. The van der Waals surface area contributed by atoms with Gasteiger partial charge in [-0.05, 0) is 25.7 Å². The number of nitrogens with one attached hydrogen (secondary N) is 1. The molecule has 112 valence electrons. The van der Waals surface area contributed by atoms with E-state index in [1.807, 2.05) is 0 Å². The van der Waals surface area contributed by atoms with Gasteiger partial charge in [-0.2, -0.15) is 0 Å². The Morgan fingerprint density at radius 2 is 2.29 bits per heavy atom. The van der Waals surface area contributed by atoms with Crippen LogP contribution in [0.5, 0.6) is 0 Å². The summed E-state index contributed by atoms with van der Waals surface area (Å²) in [5.41, 5.74) is 1.91. The van der Waals surface area contributed by atoms with Crippen molar-refractivity contribution in [3.63, 3.8) is 0 Å². The summed E-state index contributed by atoms with van der Waals surface area (Å²) in [5, 5.41) is 3.55. The summed E-state index contributed by atoms with van der Waals surface area (Å²) in [7, 11) is 0. The quantitative estimate of drug-likeness (QED) is 0.676. The van der Waals surface area contributed by atoms with E-state index >= 15 is 0 Å². The third kappa shape index (κ3) is 2.77. The molecule has 5 nitrogen and oxygen atoms in total. The standard InChI is InChI=1S/C15H19N3O2S/c1-2-7-16-13(19)8-10-9-21-15-17-12-6-4-3-5-11(12)14(20)18(10)15/h2,10H,1,3-9H2,(H,16,19). The number of thioether (sulfide) groups is 1. The average molecular weight is 305 g/mol. The van der Waals surface area contributed by atoms with Crippen molar-refractivity contribution >= 4 is 17.7 Å². The van der Waals surface area contributed by atoms with Crippen LogP contribution in [-0.4, -0.2) is 27.8 Å². The number of amides is 1. The van der Waals surface area contributed by atoms with Crippen LogP contribution in [-0.2, 0) is 17.6 Å². The number of hydrogen-bond acceptors (Lipinski definition) is 4. The second kappa shape index (κ2) is 6.05. The normalized spacial score (nSPS) is 19.7. The first-order valence-corrected chi connectivity index (χ1v) is 8.34. The molecule has 1 unspecified atom stereocenters. The molecular formula is C15H19N3O2S. The SMILES string of the molecule is C=CCNC(=O)CC1CSc2nc3c(c(=O)n21)CCCC3. The molecule has 0 aromatic carbocycles. The first kappa shape index (κ1) is 14.4. The van der Waals surface area contributed by atoms with Crippen molar-refractivity contribution in [3.05, 3.63) is 34.3 Å². The molecule has 1 aromatic heterocycles. The highest BCUT2D eigenvalue weighted by Crippen LogP contribution is 2.33. The van der Waals surface area contributed by atoms with E-state index < -0.39 is 0 Å². The Kier molecular flexibility index (Phi) is 4.14. The van der Waals surface area contributed by atoms with Crippen LogP contribution in [0.1, 0.15) is 36.6 Å². The number of carbonyl (C=O) groups excluding carboxylic acids is 1. The number of rotatable bonds is 4. The highest BCUT2D eigenvalue weighted by molar-refractivity contribution is 7.99. The van der Waals surface area contributed by atoms with Gasteiger partial charge in [-0.15, -0.1) is 6.58 Å². The molecule has 6 heteroatoms. The third-order valence-corrected chi connectivity index (χ3v) is 5.08. The van der Waals surface area contributed by atoms with Gasteiger partial charge in [-0.1, -0.05) is 17.8 Å². The van der Waals surface area contributed by atoms with E-state index in [2.05, 4.69) is 16.9 Å². The number of fused-ring (bicyclic) bond motifs is 2. The van der Waals surface area contributed by atoms with E-state index in [-0.39, 0.29) is 17.5 Å². The maximum absolute atomic E-state index is 12.7. The zero-order valence-corrected chi connectivity index (χ0v) is 12.7. The molecule has 0 spiro atoms. The molecule has 0 bridgehead atoms. The lowest BCUT2D eigenvalue weighted by atomic mass is 9.97. The van der Waals surface area contributed by atoms with Crippen LogP contribution in [0.4, 0.5) is 0 Å². The molecular weight excluding hydrogens is 286 g/mol. The Bertz CT molecular complexity index is 639. The van der Waals surface area contributed by atoms with Gasteiger partial charge in [-0.25, -0.2) is 4.98 Å². The fourth-order valence-electron chi connectivity index (χ4n) is 2.94. The molecule has 21 heavy (non-hydrogen) atoms. The van der Waals surface area contributed by atoms with Crippen molar-refractivity contribution < 1.29 is 4.79 Å². The first-order chi connectivity index (χ1) is 10.2. The Morgan fingerprint density at radius 1 is 1.48 bits per heavy atom. The third-order valence-electron chi connectivity index (χ3n) is 3.99. The van der Waals surface area contributed by atoms with Gasteiger partial charge in [0.15, 0.2) is 5.16 Å². The van der Waals surface area contributed by atoms with Crippen LogP contribution in [0.25, 0.3) is 0 Å². The summed E-state index contributed by atoms with van der Waals surface area (Å²) in [4.78, 5) is 29.2. The number of aryl methyl sites for hydroxylation is 1. The van der Waals surface area contributed by atoms with Crippen molar-refractivity contribution in [2.75, 3.05) is 12.3 Å². The van der Waals surface area contributed by atoms with Crippen LogP contribution >= 0.6 is 11.8 Å². The van der Waals surface area contributed by atoms with Gasteiger partial charge in [0.1, 0.15) is 0 Å². The van der Waals surface area contributed by atoms with Gasteiger partial charge in [0.05, 0.1) is 11.7 Å². The van der Waals surface area contributed by atoms with E-state index in [9.17, 15) is 9.59 Å². The molecule has 0 saturated heterocycles. The molecule has 1 atom stereocenters. The van der Waals surface area contributed by atoms with Gasteiger partial charge >= 0.3 is 0 Å². The lowest BCUT2D eigenvalue weighted by Gasteiger charge is -2.18. The summed E-state index contributed by atoms with van der Waals surface area (Å²) < 4.78 is 1.74. The van der Waals surface area contributed by atoms with Crippen molar-refractivity contribution in [2.24, 2.45) is 0 Å². The molecule has 1 aromatic rings. The minimum Gasteiger partial charge on any atom is -0.353 e. The molecule has 0 radical (unpaired) electrons. The molecule has 1 amide bonds. The predicted octanol–water partition coefficient (Wildman–Crippen LogP) is 1.46. The highest BCUT2D eigenvalue weighted by Gasteiger charge is 2.30. The van der Waals surface area contributed by atoms with E-state index in [4.69, 9.17) is 0 Å². The molecule has 1 aliphatic carbocycles. The summed E-state index contributed by atoms with van der Waals surface area (Å²) in [5.74, 6) is 0.699. The molecule has 2 heterocycles. The average Bonchev–Trinajstić information content (AvgIpc) is 2.88. The molecule has 1 aliphatic heterocycles. The highest BCUT2D eigenvalue weighted by atomic mass is 32.2. The fourth-order valence-corrected chi connectivity index (χ4v) is 4.09. The van der Waals surface area contributed by atoms with Crippen LogP contribution in [0.2, 0.25) is 0 Å². The van der Waals surface area contributed by atoms with Gasteiger partial charge < -0.3 is 5.32 Å². The summed E-state index contributed by atoms with van der Waals surface area (Å²) >= 11 is 1.58. The van der Waals surface area contributed by atoms with Crippen LogP contribution in [0.15, 0.2) is 22.6 Å². The first-order valence-electron chi connectivity index (χ1n) is 7.35. The number of carbonyl (C=O) groups is 1. The van der Waals surface area contributed by atoms with Crippen LogP contribution < -0.4 is 10.9 Å². The molecule has 0 saturated carbocycles. The van der Waals surface area contributed by atoms with Crippen molar-refractivity contribution in [1.29, 1.82) is 0 Å². The Morgan fingerprint density at radius 3 is 3.10 bits per heavy atom. The molecule has 2 aliphatic rings. The monoisotopic (exact) mass is 305 g/mol. The molecule has 1 N–H and O–H groups in total. The maximum Gasteiger partial charge on any atom is 0.257 e. The Hall–Kier alpha value is -1.56. The predicted molar refractivity (Wildman–Crippen MR) is 82.7 cm³/mol. The fraction of sp³-hybridized carbons (Fsp3) is 0.533. The van der Waals surface area contributed by atoms with Crippen LogP contribution in [0.3, 0.4) is 0 Å². The minimum atomic E-state index is -0.0814. The number of aromatic nitrogens is 2. The summed E-state index contributed by atoms with van der Waals surface area (Å²) in [6.45, 7) is 4.04. The van der Waals surface area contributed by atoms with E-state index in [0.717, 1.165) is 47.8 Å². The smallest absolute Gasteiger partial charge is 0.257 e. The molecule has 3 rings (SSSR count). The minimum absolute atomic E-state index is 0.0435. The van der Waals surface area contributed by atoms with Crippen LogP contribution in [0, 0.1) is 0 Å². The lowest BCUT2D eigenvalue weighted by molar-refractivity contribution is -0.121. The zero-order valence-electron chi connectivity index (χ0n) is 11.9. The van der Waals surface area contributed by atoms with Gasteiger partial charge in [0.2, 0.25) is 5.91 Å². The second-order valence-electron chi connectivity index (χ2n) is 5.46. The van der Waals surface area contributed by atoms with E-state index in [1.165, 1.54) is 0 Å². The number of hydrogen-bond donors (Lipinski definition) is 1. The van der Waals surface area contributed by atoms with E-state index in [0.29, 0.717) is 13.0 Å². The van der Waals surface area contributed by atoms with Crippen molar-refractivity contribution in [3.8, 4) is 0 Å². The maximum atomic E-state index is 12.7. The second-order valence-corrected chi connectivity index (χ2v) is 6.45. The summed E-state index contributed by atoms with van der Waals surface area (Å²) in [6, 6.07) is -0.0814. The van der Waals surface area contributed by atoms with E-state index in [1.54, 1.807) is 22.4 Å². The largest absolute Gasteiger partial charge is 0.353 e. The lowest BCUT2D eigenvalue weighted by Crippen LogP contribution is -2.33. The van der Waals surface area contributed by atoms with Gasteiger partial charge in [0.25, 0.3) is 5.56 Å². The van der Waals surface area contributed by atoms with Gasteiger partial charge in [0, 0.05) is 24.3 Å². The number of nitrogens with zero attached hydrogens (tertiary/aromatic N) is 2. The van der Waals surface area contributed by atoms with Gasteiger partial charge in [-0.3, -0.25) is 14.2 Å². The summed E-state index contributed by atoms with van der Waals surface area (Å²) in [6.07, 6.45) is 5.88. The van der Waals surface area contributed by atoms with Crippen molar-refractivity contribution in [2.45, 2.75) is 43.3 Å². The Labute approximate surface area is 127 Å². The molecule has 0 fully saturated rings. The van der Waals surface area contributed by atoms with Crippen molar-refractivity contribution in [1.82, 2.24) is 14.9 Å². The topological polar surface area (TPSA) is 64.0 Å².